The molecule has 3 rings (SSSR count). The molecule has 0 bridgehead atoms. The maximum atomic E-state index is 5.19. The third-order valence-electron chi connectivity index (χ3n) is 2.94. The summed E-state index contributed by atoms with van der Waals surface area (Å²) in [6.07, 6.45) is 0. The zero-order valence-corrected chi connectivity index (χ0v) is 9.28. The fourth-order valence-corrected chi connectivity index (χ4v) is 2.11. The zero-order chi connectivity index (χ0) is 11.1. The van der Waals surface area contributed by atoms with E-state index in [4.69, 9.17) is 9.47 Å². The largest absolute Gasteiger partial charge is 0.468 e. The number of hydrogen-bond acceptors (Lipinski definition) is 2. The predicted molar refractivity (Wildman–Crippen MR) is 64.0 cm³/mol. The molecule has 16 heavy (non-hydrogen) atoms. The maximum absolute atomic E-state index is 5.19. The summed E-state index contributed by atoms with van der Waals surface area (Å²) < 4.78 is 10.4. The SMILES string of the molecule is COC(OC)=C1c2cc3ccccc3cc21. The van der Waals surface area contributed by atoms with Crippen molar-refractivity contribution in [3.05, 3.63) is 53.5 Å². The molecule has 0 amide bonds. The van der Waals surface area contributed by atoms with Gasteiger partial charge >= 0.3 is 0 Å². The molecule has 0 aliphatic heterocycles. The molecule has 0 unspecified atom stereocenters. The lowest BCUT2D eigenvalue weighted by Gasteiger charge is -2.00. The average Bonchev–Trinajstić information content (AvgIpc) is 3.01. The van der Waals surface area contributed by atoms with Gasteiger partial charge in [0.1, 0.15) is 0 Å². The number of hydrogen-bond donors (Lipinski definition) is 0. The fourth-order valence-electron chi connectivity index (χ4n) is 2.11. The van der Waals surface area contributed by atoms with Gasteiger partial charge in [-0.3, -0.25) is 0 Å². The monoisotopic (exact) mass is 212 g/mol. The van der Waals surface area contributed by atoms with Crippen molar-refractivity contribution in [2.45, 2.75) is 0 Å². The first-order valence-corrected chi connectivity index (χ1v) is 5.21. The topological polar surface area (TPSA) is 18.5 Å². The van der Waals surface area contributed by atoms with Crippen LogP contribution in [0.4, 0.5) is 0 Å². The smallest absolute Gasteiger partial charge is 0.287 e. The first-order valence-electron chi connectivity index (χ1n) is 5.21. The highest BCUT2D eigenvalue weighted by molar-refractivity contribution is 6.06. The van der Waals surface area contributed by atoms with Crippen LogP contribution in [0.1, 0.15) is 11.1 Å². The fraction of sp³-hybridized carbons (Fsp3) is 0.143. The molecular formula is C14H12O2. The Bertz CT molecular complexity index is 546. The molecule has 0 heterocycles. The van der Waals surface area contributed by atoms with Crippen molar-refractivity contribution in [3.63, 3.8) is 0 Å². The highest BCUT2D eigenvalue weighted by Gasteiger charge is 2.31. The first kappa shape index (κ1) is 9.28. The van der Waals surface area contributed by atoms with Gasteiger partial charge in [-0.1, -0.05) is 24.3 Å². The van der Waals surface area contributed by atoms with E-state index in [1.807, 2.05) is 12.1 Å². The van der Waals surface area contributed by atoms with Gasteiger partial charge in [-0.15, -0.1) is 0 Å². The lowest BCUT2D eigenvalue weighted by atomic mass is 10.1. The second kappa shape index (κ2) is 3.27. The van der Waals surface area contributed by atoms with Gasteiger partial charge in [0.25, 0.3) is 5.95 Å². The Labute approximate surface area is 94.1 Å². The quantitative estimate of drug-likeness (QED) is 0.607. The molecule has 1 aliphatic rings. The van der Waals surface area contributed by atoms with Crippen LogP contribution in [-0.2, 0) is 9.47 Å². The van der Waals surface area contributed by atoms with E-state index in [1.54, 1.807) is 14.2 Å². The van der Waals surface area contributed by atoms with Crippen LogP contribution in [-0.4, -0.2) is 14.2 Å². The van der Waals surface area contributed by atoms with Crippen LogP contribution in [0.5, 0.6) is 0 Å². The molecule has 1 aliphatic carbocycles. The van der Waals surface area contributed by atoms with Crippen molar-refractivity contribution in [1.82, 2.24) is 0 Å². The van der Waals surface area contributed by atoms with Gasteiger partial charge in [-0.25, -0.2) is 0 Å². The Morgan fingerprint density at radius 3 is 1.81 bits per heavy atom. The molecule has 0 radical (unpaired) electrons. The van der Waals surface area contributed by atoms with Crippen LogP contribution in [0.2, 0.25) is 0 Å². The Morgan fingerprint density at radius 1 is 0.875 bits per heavy atom. The Kier molecular flexibility index (Phi) is 1.90. The molecule has 0 spiro atoms. The summed E-state index contributed by atoms with van der Waals surface area (Å²) in [5, 5.41) is 2.51. The summed E-state index contributed by atoms with van der Waals surface area (Å²) in [6.45, 7) is 0. The van der Waals surface area contributed by atoms with E-state index in [0.717, 1.165) is 5.57 Å². The van der Waals surface area contributed by atoms with Crippen LogP contribution in [0.25, 0.3) is 16.3 Å². The lowest BCUT2D eigenvalue weighted by Crippen LogP contribution is -1.87. The third-order valence-corrected chi connectivity index (χ3v) is 2.94. The minimum Gasteiger partial charge on any atom is -0.468 e. The molecule has 0 saturated carbocycles. The summed E-state index contributed by atoms with van der Waals surface area (Å²) in [5.74, 6) is 0.602. The van der Waals surface area contributed by atoms with Crippen molar-refractivity contribution in [2.24, 2.45) is 0 Å². The van der Waals surface area contributed by atoms with Gasteiger partial charge in [-0.2, -0.15) is 0 Å². The molecule has 0 N–H and O–H groups in total. The van der Waals surface area contributed by atoms with Crippen LogP contribution in [0, 0.1) is 0 Å². The van der Waals surface area contributed by atoms with E-state index >= 15 is 0 Å². The molecule has 0 aromatic heterocycles. The molecule has 2 aromatic rings. The summed E-state index contributed by atoms with van der Waals surface area (Å²) in [5.41, 5.74) is 3.57. The Morgan fingerprint density at radius 2 is 1.38 bits per heavy atom. The average molecular weight is 212 g/mol. The van der Waals surface area contributed by atoms with E-state index in [-0.39, 0.29) is 0 Å². The number of methoxy groups -OCH3 is 2. The van der Waals surface area contributed by atoms with Gasteiger partial charge in [0, 0.05) is 0 Å². The first-order chi connectivity index (χ1) is 7.85. The molecule has 0 fully saturated rings. The highest BCUT2D eigenvalue weighted by Crippen LogP contribution is 2.46. The molecule has 80 valence electrons. The van der Waals surface area contributed by atoms with E-state index in [0.29, 0.717) is 5.95 Å². The molecule has 2 heteroatoms. The van der Waals surface area contributed by atoms with Crippen LogP contribution in [0.3, 0.4) is 0 Å². The van der Waals surface area contributed by atoms with E-state index in [2.05, 4.69) is 24.3 Å². The van der Waals surface area contributed by atoms with E-state index in [1.165, 1.54) is 21.9 Å². The van der Waals surface area contributed by atoms with Crippen LogP contribution >= 0.6 is 0 Å². The van der Waals surface area contributed by atoms with E-state index in [9.17, 15) is 0 Å². The van der Waals surface area contributed by atoms with Crippen molar-refractivity contribution < 1.29 is 9.47 Å². The van der Waals surface area contributed by atoms with Crippen molar-refractivity contribution >= 4 is 16.3 Å². The van der Waals surface area contributed by atoms with Gasteiger partial charge in [0.15, 0.2) is 0 Å². The molecular weight excluding hydrogens is 200 g/mol. The maximum Gasteiger partial charge on any atom is 0.287 e. The number of rotatable bonds is 2. The zero-order valence-electron chi connectivity index (χ0n) is 9.28. The third kappa shape index (κ3) is 1.20. The van der Waals surface area contributed by atoms with Gasteiger partial charge in [0.05, 0.1) is 19.8 Å². The molecule has 0 saturated heterocycles. The number of fused-ring (bicyclic) bond motifs is 2. The number of benzene rings is 2. The second-order valence-electron chi connectivity index (χ2n) is 3.82. The minimum absolute atomic E-state index is 0.602. The van der Waals surface area contributed by atoms with Gasteiger partial charge in [0.2, 0.25) is 0 Å². The lowest BCUT2D eigenvalue weighted by molar-refractivity contribution is 0.0992. The highest BCUT2D eigenvalue weighted by atomic mass is 16.7. The Hall–Kier alpha value is -1.96. The van der Waals surface area contributed by atoms with Crippen LogP contribution < -0.4 is 0 Å². The van der Waals surface area contributed by atoms with Gasteiger partial charge < -0.3 is 9.47 Å². The molecule has 2 aromatic carbocycles. The van der Waals surface area contributed by atoms with Crippen molar-refractivity contribution in [3.8, 4) is 0 Å². The summed E-state index contributed by atoms with van der Waals surface area (Å²) >= 11 is 0. The second-order valence-corrected chi connectivity index (χ2v) is 3.82. The van der Waals surface area contributed by atoms with Gasteiger partial charge in [-0.05, 0) is 34.0 Å². The normalized spacial score (nSPS) is 12.2. The van der Waals surface area contributed by atoms with E-state index < -0.39 is 0 Å². The predicted octanol–water partition coefficient (Wildman–Crippen LogP) is 3.16. The minimum atomic E-state index is 0.602. The molecule has 2 nitrogen and oxygen atoms in total. The van der Waals surface area contributed by atoms with Crippen molar-refractivity contribution in [1.29, 1.82) is 0 Å². The summed E-state index contributed by atoms with van der Waals surface area (Å²) in [4.78, 5) is 0. The molecule has 0 atom stereocenters. The number of ether oxygens (including phenoxy) is 2. The van der Waals surface area contributed by atoms with Crippen LogP contribution in [0.15, 0.2) is 42.3 Å². The Balaban J connectivity index is 2.19. The summed E-state index contributed by atoms with van der Waals surface area (Å²) in [7, 11) is 3.26. The standard InChI is InChI=1S/C14H12O2/c1-15-14(16-2)13-11-7-9-5-3-4-6-10(9)8-12(11)13/h3-8H,1-2H3. The summed E-state index contributed by atoms with van der Waals surface area (Å²) in [6, 6.07) is 12.7. The van der Waals surface area contributed by atoms with Crippen molar-refractivity contribution in [2.75, 3.05) is 14.2 Å².